The van der Waals surface area contributed by atoms with Gasteiger partial charge in [-0.25, -0.2) is 4.98 Å². The molecule has 0 aromatic carbocycles. The van der Waals surface area contributed by atoms with E-state index in [2.05, 4.69) is 20.4 Å². The standard InChI is InChI=1S/C8H8N4OS/c1-5-4-14-8(10-5)2-7(13)6-3-9-12-11-6/h3-4H,2H2,1H3,(H,9,11,12). The van der Waals surface area contributed by atoms with E-state index in [1.165, 1.54) is 17.5 Å². The second-order valence-corrected chi connectivity index (χ2v) is 3.78. The van der Waals surface area contributed by atoms with Gasteiger partial charge in [-0.3, -0.25) is 4.79 Å². The fraction of sp³-hybridized carbons (Fsp3) is 0.250. The first-order chi connectivity index (χ1) is 6.75. The van der Waals surface area contributed by atoms with Crippen molar-refractivity contribution in [1.29, 1.82) is 0 Å². The molecule has 0 saturated heterocycles. The lowest BCUT2D eigenvalue weighted by molar-refractivity contribution is 0.0988. The third-order valence-electron chi connectivity index (χ3n) is 1.68. The summed E-state index contributed by atoms with van der Waals surface area (Å²) in [4.78, 5) is 15.7. The minimum atomic E-state index is -0.0619. The number of ketones is 1. The van der Waals surface area contributed by atoms with Crippen LogP contribution in [0.1, 0.15) is 21.2 Å². The molecule has 2 heterocycles. The molecule has 0 fully saturated rings. The molecule has 5 nitrogen and oxygen atoms in total. The number of thiazole rings is 1. The first-order valence-electron chi connectivity index (χ1n) is 4.05. The van der Waals surface area contributed by atoms with E-state index < -0.39 is 0 Å². The molecule has 2 aromatic heterocycles. The number of hydrogen-bond acceptors (Lipinski definition) is 5. The minimum absolute atomic E-state index is 0.0619. The normalized spacial score (nSPS) is 10.4. The van der Waals surface area contributed by atoms with Gasteiger partial charge in [0.15, 0.2) is 5.78 Å². The van der Waals surface area contributed by atoms with Crippen LogP contribution in [0.25, 0.3) is 0 Å². The Morgan fingerprint density at radius 1 is 1.64 bits per heavy atom. The predicted molar refractivity (Wildman–Crippen MR) is 51.3 cm³/mol. The van der Waals surface area contributed by atoms with E-state index in [0.717, 1.165) is 10.7 Å². The molecule has 0 bridgehead atoms. The maximum atomic E-state index is 11.5. The molecular weight excluding hydrogens is 200 g/mol. The molecule has 14 heavy (non-hydrogen) atoms. The van der Waals surface area contributed by atoms with Crippen molar-refractivity contribution in [2.45, 2.75) is 13.3 Å². The zero-order valence-electron chi connectivity index (χ0n) is 7.52. The fourth-order valence-electron chi connectivity index (χ4n) is 1.05. The summed E-state index contributed by atoms with van der Waals surface area (Å²) in [6.45, 7) is 1.90. The van der Waals surface area contributed by atoms with E-state index in [1.807, 2.05) is 12.3 Å². The Bertz CT molecular complexity index is 434. The lowest BCUT2D eigenvalue weighted by Crippen LogP contribution is -2.03. The van der Waals surface area contributed by atoms with Crippen molar-refractivity contribution < 1.29 is 4.79 Å². The molecule has 6 heteroatoms. The molecule has 0 unspecified atom stereocenters. The Labute approximate surface area is 84.2 Å². The highest BCUT2D eigenvalue weighted by Crippen LogP contribution is 2.11. The highest BCUT2D eigenvalue weighted by atomic mass is 32.1. The number of Topliss-reactive ketones (excluding diaryl/α,β-unsaturated/α-hetero) is 1. The zero-order valence-corrected chi connectivity index (χ0v) is 8.34. The van der Waals surface area contributed by atoms with Gasteiger partial charge < -0.3 is 0 Å². The van der Waals surface area contributed by atoms with Crippen molar-refractivity contribution in [3.05, 3.63) is 28.0 Å². The fourth-order valence-corrected chi connectivity index (χ4v) is 1.82. The van der Waals surface area contributed by atoms with E-state index in [-0.39, 0.29) is 5.78 Å². The van der Waals surface area contributed by atoms with Crippen LogP contribution >= 0.6 is 11.3 Å². The SMILES string of the molecule is Cc1csc(CC(=O)c2cn[nH]n2)n1. The Balaban J connectivity index is 2.09. The van der Waals surface area contributed by atoms with Gasteiger partial charge in [-0.15, -0.1) is 11.3 Å². The number of nitrogens with zero attached hydrogens (tertiary/aromatic N) is 3. The van der Waals surface area contributed by atoms with E-state index in [9.17, 15) is 4.79 Å². The monoisotopic (exact) mass is 208 g/mol. The molecule has 0 aliphatic rings. The number of aryl methyl sites for hydroxylation is 1. The second-order valence-electron chi connectivity index (χ2n) is 2.84. The predicted octanol–water partition coefficient (Wildman–Crippen LogP) is 0.995. The molecule has 0 atom stereocenters. The van der Waals surface area contributed by atoms with Crippen LogP contribution in [0, 0.1) is 6.92 Å². The molecule has 0 aliphatic carbocycles. The summed E-state index contributed by atoms with van der Waals surface area (Å²) < 4.78 is 0. The van der Waals surface area contributed by atoms with Crippen LogP contribution in [0.2, 0.25) is 0 Å². The van der Waals surface area contributed by atoms with Crippen LogP contribution in [0.3, 0.4) is 0 Å². The van der Waals surface area contributed by atoms with Crippen LogP contribution in [-0.2, 0) is 6.42 Å². The molecule has 2 aromatic rings. The Hall–Kier alpha value is -1.56. The van der Waals surface area contributed by atoms with Gasteiger partial charge in [0.25, 0.3) is 0 Å². The maximum absolute atomic E-state index is 11.5. The van der Waals surface area contributed by atoms with Crippen molar-refractivity contribution in [3.8, 4) is 0 Å². The van der Waals surface area contributed by atoms with Crippen LogP contribution in [0.15, 0.2) is 11.6 Å². The lowest BCUT2D eigenvalue weighted by atomic mass is 10.2. The van der Waals surface area contributed by atoms with Crippen LogP contribution in [0.4, 0.5) is 0 Å². The molecule has 0 radical (unpaired) electrons. The number of carbonyl (C=O) groups is 1. The average Bonchev–Trinajstić information content (AvgIpc) is 2.75. The Morgan fingerprint density at radius 2 is 2.50 bits per heavy atom. The summed E-state index contributed by atoms with van der Waals surface area (Å²) in [6, 6.07) is 0. The molecular formula is C8H8N4OS. The van der Waals surface area contributed by atoms with Gasteiger partial charge in [-0.2, -0.15) is 15.4 Å². The number of aromatic nitrogens is 4. The van der Waals surface area contributed by atoms with Crippen LogP contribution < -0.4 is 0 Å². The molecule has 0 saturated carbocycles. The summed E-state index contributed by atoms with van der Waals surface area (Å²) in [5.74, 6) is -0.0619. The second kappa shape index (κ2) is 3.67. The first-order valence-corrected chi connectivity index (χ1v) is 4.93. The van der Waals surface area contributed by atoms with E-state index in [0.29, 0.717) is 12.1 Å². The van der Waals surface area contributed by atoms with E-state index in [4.69, 9.17) is 0 Å². The molecule has 0 amide bonds. The summed E-state index contributed by atoms with van der Waals surface area (Å²) in [5.41, 5.74) is 1.30. The molecule has 0 aliphatic heterocycles. The van der Waals surface area contributed by atoms with Gasteiger partial charge in [0.1, 0.15) is 10.7 Å². The van der Waals surface area contributed by atoms with Gasteiger partial charge in [0.2, 0.25) is 0 Å². The molecule has 2 rings (SSSR count). The average molecular weight is 208 g/mol. The lowest BCUT2D eigenvalue weighted by Gasteiger charge is -1.90. The molecule has 0 spiro atoms. The van der Waals surface area contributed by atoms with Crippen molar-refractivity contribution in [3.63, 3.8) is 0 Å². The number of nitrogens with one attached hydrogen (secondary N) is 1. The number of hydrogen-bond donors (Lipinski definition) is 1. The quantitative estimate of drug-likeness (QED) is 0.764. The number of H-pyrrole nitrogens is 1. The van der Waals surface area contributed by atoms with Crippen molar-refractivity contribution >= 4 is 17.1 Å². The molecule has 72 valence electrons. The molecule has 1 N–H and O–H groups in total. The van der Waals surface area contributed by atoms with E-state index in [1.54, 1.807) is 0 Å². The van der Waals surface area contributed by atoms with Crippen LogP contribution in [0.5, 0.6) is 0 Å². The third-order valence-corrected chi connectivity index (χ3v) is 2.65. The highest BCUT2D eigenvalue weighted by molar-refractivity contribution is 7.09. The van der Waals surface area contributed by atoms with Gasteiger partial charge in [-0.05, 0) is 6.92 Å². The number of rotatable bonds is 3. The highest BCUT2D eigenvalue weighted by Gasteiger charge is 2.11. The Kier molecular flexibility index (Phi) is 2.36. The van der Waals surface area contributed by atoms with Gasteiger partial charge in [-0.1, -0.05) is 0 Å². The Morgan fingerprint density at radius 3 is 3.07 bits per heavy atom. The largest absolute Gasteiger partial charge is 0.292 e. The third kappa shape index (κ3) is 1.85. The summed E-state index contributed by atoms with van der Waals surface area (Å²) >= 11 is 1.48. The number of carbonyl (C=O) groups excluding carboxylic acids is 1. The van der Waals surface area contributed by atoms with Crippen molar-refractivity contribution in [2.75, 3.05) is 0 Å². The van der Waals surface area contributed by atoms with Crippen molar-refractivity contribution in [1.82, 2.24) is 20.4 Å². The topological polar surface area (TPSA) is 71.5 Å². The smallest absolute Gasteiger partial charge is 0.191 e. The maximum Gasteiger partial charge on any atom is 0.191 e. The first kappa shape index (κ1) is 9.01. The zero-order chi connectivity index (χ0) is 9.97. The summed E-state index contributed by atoms with van der Waals surface area (Å²) in [7, 11) is 0. The number of aromatic amines is 1. The van der Waals surface area contributed by atoms with Crippen molar-refractivity contribution in [2.24, 2.45) is 0 Å². The summed E-state index contributed by atoms with van der Waals surface area (Å²) in [6.07, 6.45) is 1.72. The summed E-state index contributed by atoms with van der Waals surface area (Å²) in [5, 5.41) is 12.4. The van der Waals surface area contributed by atoms with Gasteiger partial charge in [0.05, 0.1) is 12.6 Å². The van der Waals surface area contributed by atoms with Gasteiger partial charge in [0, 0.05) is 11.1 Å². The minimum Gasteiger partial charge on any atom is -0.292 e. The van der Waals surface area contributed by atoms with Crippen LogP contribution in [-0.4, -0.2) is 26.2 Å². The van der Waals surface area contributed by atoms with Gasteiger partial charge >= 0.3 is 0 Å². The van der Waals surface area contributed by atoms with E-state index >= 15 is 0 Å².